The summed E-state index contributed by atoms with van der Waals surface area (Å²) in [5, 5.41) is 11.9. The molecule has 1 aromatic carbocycles. The number of carboxylic acid groups (broad SMARTS) is 1. The molecule has 2 saturated heterocycles. The van der Waals surface area contributed by atoms with Gasteiger partial charge in [-0.05, 0) is 32.4 Å². The van der Waals surface area contributed by atoms with E-state index in [1.165, 1.54) is 6.92 Å². The molecule has 2 fully saturated rings. The van der Waals surface area contributed by atoms with Crippen molar-refractivity contribution in [2.24, 2.45) is 0 Å². The molecule has 29 heavy (non-hydrogen) atoms. The van der Waals surface area contributed by atoms with Crippen LogP contribution in [0.2, 0.25) is 0 Å². The van der Waals surface area contributed by atoms with Gasteiger partial charge in [0.2, 0.25) is 12.2 Å². The number of nitrogens with one attached hydrogen (secondary N) is 1. The Morgan fingerprint density at radius 3 is 2.69 bits per heavy atom. The van der Waals surface area contributed by atoms with Crippen molar-refractivity contribution >= 4 is 11.9 Å². The van der Waals surface area contributed by atoms with Gasteiger partial charge in [0.25, 0.3) is 0 Å². The van der Waals surface area contributed by atoms with Crippen LogP contribution in [-0.4, -0.2) is 66.6 Å². The van der Waals surface area contributed by atoms with Crippen LogP contribution in [-0.2, 0) is 28.5 Å². The van der Waals surface area contributed by atoms with E-state index in [2.05, 4.69) is 5.32 Å². The molecule has 1 aromatic rings. The average molecular weight is 409 g/mol. The molecule has 2 aliphatic heterocycles. The van der Waals surface area contributed by atoms with Crippen molar-refractivity contribution < 1.29 is 38.4 Å². The highest BCUT2D eigenvalue weighted by Gasteiger charge is 2.53. The number of carboxylic acids is 1. The summed E-state index contributed by atoms with van der Waals surface area (Å²) in [6.45, 7) is 6.42. The van der Waals surface area contributed by atoms with E-state index in [-0.39, 0.29) is 12.5 Å². The molecular weight excluding hydrogens is 382 g/mol. The first-order valence-electron chi connectivity index (χ1n) is 9.46. The van der Waals surface area contributed by atoms with Gasteiger partial charge in [-0.2, -0.15) is 0 Å². The Balaban J connectivity index is 1.91. The lowest BCUT2D eigenvalue weighted by Gasteiger charge is -2.50. The lowest BCUT2D eigenvalue weighted by Crippen LogP contribution is -2.69. The quantitative estimate of drug-likeness (QED) is 0.721. The third kappa shape index (κ3) is 5.24. The zero-order valence-corrected chi connectivity index (χ0v) is 16.9. The van der Waals surface area contributed by atoms with Crippen molar-refractivity contribution in [3.05, 3.63) is 29.8 Å². The van der Waals surface area contributed by atoms with Crippen molar-refractivity contribution in [3.63, 3.8) is 0 Å². The minimum absolute atomic E-state index is 0.213. The van der Waals surface area contributed by atoms with E-state index >= 15 is 0 Å². The van der Waals surface area contributed by atoms with Crippen LogP contribution in [0.4, 0.5) is 0 Å². The van der Waals surface area contributed by atoms with E-state index in [0.29, 0.717) is 5.75 Å². The van der Waals surface area contributed by atoms with E-state index in [1.807, 2.05) is 25.1 Å². The fraction of sp³-hybridized carbons (Fsp3) is 0.600. The number of carbonyl (C=O) groups excluding carboxylic acids is 1. The molecule has 5 unspecified atom stereocenters. The minimum Gasteiger partial charge on any atom is -0.480 e. The number of hydrogen-bond acceptors (Lipinski definition) is 7. The summed E-state index contributed by atoms with van der Waals surface area (Å²) in [5.41, 5.74) is 0.889. The van der Waals surface area contributed by atoms with Crippen molar-refractivity contribution in [1.29, 1.82) is 0 Å². The van der Waals surface area contributed by atoms with Gasteiger partial charge in [0.05, 0.1) is 6.61 Å². The molecule has 5 atom stereocenters. The van der Waals surface area contributed by atoms with Gasteiger partial charge in [0.15, 0.2) is 5.79 Å². The van der Waals surface area contributed by atoms with Crippen molar-refractivity contribution in [2.75, 3.05) is 13.2 Å². The SMILES string of the molecule is CC(=O)NC1C(Oc2ccccc2C)OC2COC(C)(C)OC2C1OCC(=O)O. The van der Waals surface area contributed by atoms with Crippen molar-refractivity contribution in [3.8, 4) is 5.75 Å². The van der Waals surface area contributed by atoms with Gasteiger partial charge in [-0.1, -0.05) is 18.2 Å². The maximum absolute atomic E-state index is 11.9. The fourth-order valence-electron chi connectivity index (χ4n) is 3.49. The second-order valence-corrected chi connectivity index (χ2v) is 7.62. The second kappa shape index (κ2) is 8.66. The summed E-state index contributed by atoms with van der Waals surface area (Å²) in [4.78, 5) is 23.0. The third-order valence-electron chi connectivity index (χ3n) is 4.77. The van der Waals surface area contributed by atoms with Crippen LogP contribution >= 0.6 is 0 Å². The minimum atomic E-state index is -1.13. The van der Waals surface area contributed by atoms with Crippen LogP contribution in [0.1, 0.15) is 26.3 Å². The average Bonchev–Trinajstić information content (AvgIpc) is 2.62. The molecule has 2 N–H and O–H groups in total. The maximum atomic E-state index is 11.9. The summed E-state index contributed by atoms with van der Waals surface area (Å²) in [7, 11) is 0. The normalized spacial score (nSPS) is 30.8. The van der Waals surface area contributed by atoms with Crippen molar-refractivity contribution in [1.82, 2.24) is 5.32 Å². The Hall–Kier alpha value is -2.20. The van der Waals surface area contributed by atoms with E-state index < -0.39 is 49.0 Å². The first-order chi connectivity index (χ1) is 13.7. The largest absolute Gasteiger partial charge is 0.480 e. The van der Waals surface area contributed by atoms with Gasteiger partial charge in [0, 0.05) is 6.92 Å². The number of para-hydroxylation sites is 1. The van der Waals surface area contributed by atoms with Crippen LogP contribution in [0.5, 0.6) is 5.75 Å². The Bertz CT molecular complexity index is 752. The number of aliphatic carboxylic acids is 1. The summed E-state index contributed by atoms with van der Waals surface area (Å²) in [6.07, 6.45) is -2.94. The fourth-order valence-corrected chi connectivity index (χ4v) is 3.49. The molecule has 0 spiro atoms. The summed E-state index contributed by atoms with van der Waals surface area (Å²) in [6, 6.07) is 6.60. The molecular formula is C20H27NO8. The van der Waals surface area contributed by atoms with Crippen LogP contribution in [0.3, 0.4) is 0 Å². The van der Waals surface area contributed by atoms with Crippen LogP contribution in [0.15, 0.2) is 24.3 Å². The highest BCUT2D eigenvalue weighted by atomic mass is 16.8. The second-order valence-electron chi connectivity index (χ2n) is 7.62. The topological polar surface area (TPSA) is 113 Å². The molecule has 0 radical (unpaired) electrons. The monoisotopic (exact) mass is 409 g/mol. The number of rotatable bonds is 6. The predicted molar refractivity (Wildman–Crippen MR) is 100 cm³/mol. The number of amides is 1. The van der Waals surface area contributed by atoms with Gasteiger partial charge < -0.3 is 34.1 Å². The number of fused-ring (bicyclic) bond motifs is 1. The van der Waals surface area contributed by atoms with Gasteiger partial charge in [-0.3, -0.25) is 4.79 Å². The van der Waals surface area contributed by atoms with Crippen molar-refractivity contribution in [2.45, 2.75) is 64.1 Å². The van der Waals surface area contributed by atoms with Crippen LogP contribution < -0.4 is 10.1 Å². The zero-order chi connectivity index (χ0) is 21.2. The Labute approximate surface area is 169 Å². The highest BCUT2D eigenvalue weighted by molar-refractivity contribution is 5.73. The first-order valence-corrected chi connectivity index (χ1v) is 9.46. The highest BCUT2D eigenvalue weighted by Crippen LogP contribution is 2.35. The molecule has 2 heterocycles. The third-order valence-corrected chi connectivity index (χ3v) is 4.77. The Morgan fingerprint density at radius 2 is 2.03 bits per heavy atom. The van der Waals surface area contributed by atoms with E-state index in [1.54, 1.807) is 19.9 Å². The first kappa shape index (κ1) is 21.5. The maximum Gasteiger partial charge on any atom is 0.329 e. The zero-order valence-electron chi connectivity index (χ0n) is 16.9. The van der Waals surface area contributed by atoms with Gasteiger partial charge >= 0.3 is 5.97 Å². The molecule has 0 bridgehead atoms. The summed E-state index contributed by atoms with van der Waals surface area (Å²) in [5.74, 6) is -1.77. The number of hydrogen-bond donors (Lipinski definition) is 2. The van der Waals surface area contributed by atoms with Crippen LogP contribution in [0, 0.1) is 6.92 Å². The smallest absolute Gasteiger partial charge is 0.329 e. The molecule has 2 aliphatic rings. The molecule has 160 valence electrons. The summed E-state index contributed by atoms with van der Waals surface area (Å²) >= 11 is 0. The van der Waals surface area contributed by atoms with E-state index in [9.17, 15) is 9.59 Å². The van der Waals surface area contributed by atoms with Gasteiger partial charge in [-0.15, -0.1) is 0 Å². The lowest BCUT2D eigenvalue weighted by molar-refractivity contribution is -0.364. The Morgan fingerprint density at radius 1 is 1.31 bits per heavy atom. The Kier molecular flexibility index (Phi) is 6.42. The standard InChI is InChI=1S/C20H27NO8/c1-11-7-5-6-8-13(11)27-19-16(21-12(2)22)18(25-10-15(23)24)17-14(28-19)9-26-20(3,4)29-17/h5-8,14,16-19H,9-10H2,1-4H3,(H,21,22)(H,23,24). The molecule has 0 aliphatic carbocycles. The molecule has 0 saturated carbocycles. The van der Waals surface area contributed by atoms with Gasteiger partial charge in [0.1, 0.15) is 36.7 Å². The number of aryl methyl sites for hydroxylation is 1. The summed E-state index contributed by atoms with van der Waals surface area (Å²) < 4.78 is 29.5. The molecule has 0 aromatic heterocycles. The predicted octanol–water partition coefficient (Wildman–Crippen LogP) is 1.22. The molecule has 9 heteroatoms. The number of benzene rings is 1. The van der Waals surface area contributed by atoms with Gasteiger partial charge in [-0.25, -0.2) is 4.79 Å². The number of carbonyl (C=O) groups is 2. The molecule has 9 nitrogen and oxygen atoms in total. The van der Waals surface area contributed by atoms with E-state index in [0.717, 1.165) is 5.56 Å². The van der Waals surface area contributed by atoms with E-state index in [4.69, 9.17) is 28.8 Å². The number of ether oxygens (including phenoxy) is 5. The van der Waals surface area contributed by atoms with Crippen LogP contribution in [0.25, 0.3) is 0 Å². The molecule has 1 amide bonds. The molecule has 3 rings (SSSR count). The lowest BCUT2D eigenvalue weighted by atomic mass is 9.95.